The Morgan fingerprint density at radius 2 is 2.10 bits per heavy atom. The van der Waals surface area contributed by atoms with Crippen LogP contribution in [0.4, 0.5) is 0 Å². The lowest BCUT2D eigenvalue weighted by atomic mass is 10.2. The van der Waals surface area contributed by atoms with Crippen LogP contribution in [0.1, 0.15) is 31.1 Å². The standard InChI is InChI=1S/C15H21ClN4O/c1-10(2)17-8-12-7-13(16)5-6-14(12)21-9-15-19-18-11(3)20(15)4/h5-7,10,17H,8-9H2,1-4H3. The number of rotatable bonds is 6. The summed E-state index contributed by atoms with van der Waals surface area (Å²) in [5.41, 5.74) is 1.04. The summed E-state index contributed by atoms with van der Waals surface area (Å²) in [5.74, 6) is 2.48. The Kier molecular flexibility index (Phi) is 5.20. The molecule has 2 rings (SSSR count). The number of hydrogen-bond donors (Lipinski definition) is 1. The van der Waals surface area contributed by atoms with E-state index in [4.69, 9.17) is 16.3 Å². The maximum atomic E-state index is 6.07. The predicted molar refractivity (Wildman–Crippen MR) is 83.5 cm³/mol. The van der Waals surface area contributed by atoms with E-state index in [0.29, 0.717) is 24.2 Å². The van der Waals surface area contributed by atoms with E-state index in [1.807, 2.05) is 36.7 Å². The summed E-state index contributed by atoms with van der Waals surface area (Å²) in [7, 11) is 1.93. The smallest absolute Gasteiger partial charge is 0.170 e. The quantitative estimate of drug-likeness (QED) is 0.891. The van der Waals surface area contributed by atoms with Gasteiger partial charge in [-0.05, 0) is 25.1 Å². The fraction of sp³-hybridized carbons (Fsp3) is 0.467. The molecule has 6 heteroatoms. The van der Waals surface area contributed by atoms with E-state index in [2.05, 4.69) is 29.4 Å². The van der Waals surface area contributed by atoms with Crippen molar-refractivity contribution in [1.82, 2.24) is 20.1 Å². The van der Waals surface area contributed by atoms with Crippen LogP contribution in [0, 0.1) is 6.92 Å². The normalized spacial score (nSPS) is 11.1. The number of nitrogens with one attached hydrogen (secondary N) is 1. The van der Waals surface area contributed by atoms with Gasteiger partial charge in [0.25, 0.3) is 0 Å². The van der Waals surface area contributed by atoms with E-state index in [1.165, 1.54) is 0 Å². The molecule has 1 aromatic carbocycles. The van der Waals surface area contributed by atoms with E-state index < -0.39 is 0 Å². The zero-order valence-corrected chi connectivity index (χ0v) is 13.6. The zero-order valence-electron chi connectivity index (χ0n) is 12.9. The van der Waals surface area contributed by atoms with Crippen molar-refractivity contribution in [2.45, 2.75) is 40.0 Å². The molecular weight excluding hydrogens is 288 g/mol. The molecule has 0 aliphatic carbocycles. The fourth-order valence-electron chi connectivity index (χ4n) is 1.86. The molecule has 1 N–H and O–H groups in total. The first-order valence-corrected chi connectivity index (χ1v) is 7.34. The third-order valence-corrected chi connectivity index (χ3v) is 3.50. The minimum atomic E-state index is 0.383. The van der Waals surface area contributed by atoms with Crippen molar-refractivity contribution in [3.63, 3.8) is 0 Å². The van der Waals surface area contributed by atoms with Gasteiger partial charge >= 0.3 is 0 Å². The third kappa shape index (κ3) is 4.19. The highest BCUT2D eigenvalue weighted by atomic mass is 35.5. The second-order valence-electron chi connectivity index (χ2n) is 5.30. The van der Waals surface area contributed by atoms with Crippen LogP contribution in [-0.2, 0) is 20.2 Å². The lowest BCUT2D eigenvalue weighted by Gasteiger charge is -2.14. The molecule has 0 atom stereocenters. The Bertz CT molecular complexity index is 610. The van der Waals surface area contributed by atoms with Crippen LogP contribution < -0.4 is 10.1 Å². The second kappa shape index (κ2) is 6.91. The average Bonchev–Trinajstić information content (AvgIpc) is 2.75. The number of halogens is 1. The monoisotopic (exact) mass is 308 g/mol. The number of aromatic nitrogens is 3. The summed E-state index contributed by atoms with van der Waals surface area (Å²) in [6.45, 7) is 7.22. The molecule has 0 saturated heterocycles. The summed E-state index contributed by atoms with van der Waals surface area (Å²) >= 11 is 6.07. The molecule has 0 bridgehead atoms. The molecule has 0 radical (unpaired) electrons. The Hall–Kier alpha value is -1.59. The van der Waals surface area contributed by atoms with E-state index in [1.54, 1.807) is 0 Å². The van der Waals surface area contributed by atoms with Crippen LogP contribution in [0.15, 0.2) is 18.2 Å². The molecular formula is C15H21ClN4O. The Morgan fingerprint density at radius 1 is 1.33 bits per heavy atom. The molecule has 0 amide bonds. The number of ether oxygens (including phenoxy) is 1. The SMILES string of the molecule is Cc1nnc(COc2ccc(Cl)cc2CNC(C)C)n1C. The van der Waals surface area contributed by atoms with Crippen molar-refractivity contribution in [2.24, 2.45) is 7.05 Å². The van der Waals surface area contributed by atoms with Crippen LogP contribution in [-0.4, -0.2) is 20.8 Å². The maximum absolute atomic E-state index is 6.07. The minimum absolute atomic E-state index is 0.383. The fourth-order valence-corrected chi connectivity index (χ4v) is 2.05. The third-order valence-electron chi connectivity index (χ3n) is 3.26. The zero-order chi connectivity index (χ0) is 15.4. The summed E-state index contributed by atoms with van der Waals surface area (Å²) in [6.07, 6.45) is 0. The van der Waals surface area contributed by atoms with Gasteiger partial charge in [-0.25, -0.2) is 0 Å². The lowest BCUT2D eigenvalue weighted by Crippen LogP contribution is -2.22. The molecule has 0 saturated carbocycles. The van der Waals surface area contributed by atoms with E-state index >= 15 is 0 Å². The molecule has 0 unspecified atom stereocenters. The van der Waals surface area contributed by atoms with Crippen molar-refractivity contribution in [1.29, 1.82) is 0 Å². The summed E-state index contributed by atoms with van der Waals surface area (Å²) in [5, 5.41) is 12.2. The first-order chi connectivity index (χ1) is 9.97. The number of nitrogens with zero attached hydrogens (tertiary/aromatic N) is 3. The molecule has 0 aliphatic rings. The molecule has 2 aromatic rings. The van der Waals surface area contributed by atoms with Crippen molar-refractivity contribution in [2.75, 3.05) is 0 Å². The summed E-state index contributed by atoms with van der Waals surface area (Å²) in [4.78, 5) is 0. The Morgan fingerprint density at radius 3 is 2.71 bits per heavy atom. The van der Waals surface area contributed by atoms with E-state index in [-0.39, 0.29) is 0 Å². The van der Waals surface area contributed by atoms with Crippen LogP contribution in [0.3, 0.4) is 0 Å². The molecule has 1 aromatic heterocycles. The van der Waals surface area contributed by atoms with Gasteiger partial charge in [0.2, 0.25) is 0 Å². The Labute approximate surface area is 130 Å². The number of benzene rings is 1. The molecule has 0 aliphatic heterocycles. The van der Waals surface area contributed by atoms with Crippen molar-refractivity contribution in [3.8, 4) is 5.75 Å². The topological polar surface area (TPSA) is 52.0 Å². The van der Waals surface area contributed by atoms with Crippen LogP contribution in [0.5, 0.6) is 5.75 Å². The second-order valence-corrected chi connectivity index (χ2v) is 5.74. The number of aryl methyl sites for hydroxylation is 1. The summed E-state index contributed by atoms with van der Waals surface area (Å²) in [6, 6.07) is 6.05. The van der Waals surface area contributed by atoms with Crippen molar-refractivity contribution < 1.29 is 4.74 Å². The largest absolute Gasteiger partial charge is 0.485 e. The van der Waals surface area contributed by atoms with Gasteiger partial charge in [-0.3, -0.25) is 0 Å². The average molecular weight is 309 g/mol. The van der Waals surface area contributed by atoms with E-state index in [0.717, 1.165) is 23.0 Å². The van der Waals surface area contributed by atoms with Gasteiger partial charge in [0.15, 0.2) is 5.82 Å². The van der Waals surface area contributed by atoms with Gasteiger partial charge in [-0.15, -0.1) is 10.2 Å². The highest BCUT2D eigenvalue weighted by Crippen LogP contribution is 2.23. The molecule has 21 heavy (non-hydrogen) atoms. The molecule has 0 spiro atoms. The van der Waals surface area contributed by atoms with Gasteiger partial charge in [0.1, 0.15) is 18.2 Å². The van der Waals surface area contributed by atoms with Gasteiger partial charge in [-0.2, -0.15) is 0 Å². The molecule has 1 heterocycles. The van der Waals surface area contributed by atoms with Crippen LogP contribution in [0.2, 0.25) is 5.02 Å². The predicted octanol–water partition coefficient (Wildman–Crippen LogP) is 2.85. The molecule has 114 valence electrons. The lowest BCUT2D eigenvalue weighted by molar-refractivity contribution is 0.287. The maximum Gasteiger partial charge on any atom is 0.170 e. The highest BCUT2D eigenvalue weighted by molar-refractivity contribution is 6.30. The van der Waals surface area contributed by atoms with Gasteiger partial charge in [-0.1, -0.05) is 25.4 Å². The van der Waals surface area contributed by atoms with Gasteiger partial charge < -0.3 is 14.6 Å². The first-order valence-electron chi connectivity index (χ1n) is 6.97. The molecule has 0 fully saturated rings. The van der Waals surface area contributed by atoms with E-state index in [9.17, 15) is 0 Å². The van der Waals surface area contributed by atoms with Crippen molar-refractivity contribution in [3.05, 3.63) is 40.4 Å². The van der Waals surface area contributed by atoms with Crippen LogP contribution in [0.25, 0.3) is 0 Å². The molecule has 5 nitrogen and oxygen atoms in total. The van der Waals surface area contributed by atoms with Gasteiger partial charge in [0.05, 0.1) is 0 Å². The van der Waals surface area contributed by atoms with Crippen LogP contribution >= 0.6 is 11.6 Å². The Balaban J connectivity index is 2.10. The minimum Gasteiger partial charge on any atom is -0.485 e. The number of hydrogen-bond acceptors (Lipinski definition) is 4. The first kappa shape index (κ1) is 15.8. The van der Waals surface area contributed by atoms with Gasteiger partial charge in [0, 0.05) is 30.2 Å². The highest BCUT2D eigenvalue weighted by Gasteiger charge is 2.09. The summed E-state index contributed by atoms with van der Waals surface area (Å²) < 4.78 is 7.80. The van der Waals surface area contributed by atoms with Crippen molar-refractivity contribution >= 4 is 11.6 Å².